The molecule has 0 saturated carbocycles. The number of hydrogen-bond donors (Lipinski definition) is 2. The molecule has 6 nitrogen and oxygen atoms in total. The van der Waals surface area contributed by atoms with Gasteiger partial charge in [0.15, 0.2) is 5.82 Å². The number of aromatic nitrogens is 3. The Morgan fingerprint density at radius 1 is 1.69 bits per heavy atom. The number of rotatable bonds is 2. The van der Waals surface area contributed by atoms with Gasteiger partial charge in [-0.25, -0.2) is 9.78 Å². The highest BCUT2D eigenvalue weighted by molar-refractivity contribution is 5.82. The highest BCUT2D eigenvalue weighted by Gasteiger charge is 2.22. The quantitative estimate of drug-likeness (QED) is 0.690. The van der Waals surface area contributed by atoms with Crippen LogP contribution in [0.4, 0.5) is 0 Å². The van der Waals surface area contributed by atoms with Gasteiger partial charge in [0.05, 0.1) is 0 Å². The summed E-state index contributed by atoms with van der Waals surface area (Å²) in [6.07, 6.45) is 1.74. The van der Waals surface area contributed by atoms with E-state index < -0.39 is 5.97 Å². The Kier molecular flexibility index (Phi) is 1.97. The molecule has 13 heavy (non-hydrogen) atoms. The Labute approximate surface area is 73.9 Å². The van der Waals surface area contributed by atoms with Crippen LogP contribution in [0.25, 0.3) is 0 Å². The molecule has 0 spiro atoms. The molecule has 1 fully saturated rings. The summed E-state index contributed by atoms with van der Waals surface area (Å²) in [5, 5.41) is 14.7. The van der Waals surface area contributed by atoms with Crippen LogP contribution in [0, 0.1) is 0 Å². The summed E-state index contributed by atoms with van der Waals surface area (Å²) in [6, 6.07) is 0. The molecule has 6 heteroatoms. The number of aromatic amines is 1. The van der Waals surface area contributed by atoms with Crippen molar-refractivity contribution < 1.29 is 14.6 Å². The average molecular weight is 183 g/mol. The fraction of sp³-hybridized carbons (Fsp3) is 0.571. The molecule has 1 aliphatic heterocycles. The normalized spacial score (nSPS) is 22.0. The summed E-state index contributed by atoms with van der Waals surface area (Å²) >= 11 is 0. The third-order valence-electron chi connectivity index (χ3n) is 1.93. The highest BCUT2D eigenvalue weighted by Crippen LogP contribution is 2.25. The Morgan fingerprint density at radius 3 is 3.08 bits per heavy atom. The van der Waals surface area contributed by atoms with Crippen LogP contribution in [0.15, 0.2) is 0 Å². The first kappa shape index (κ1) is 8.18. The molecule has 1 aromatic heterocycles. The van der Waals surface area contributed by atoms with Gasteiger partial charge in [0.2, 0.25) is 0 Å². The van der Waals surface area contributed by atoms with Crippen molar-refractivity contribution >= 4 is 5.97 Å². The van der Waals surface area contributed by atoms with Gasteiger partial charge in [-0.05, 0) is 12.8 Å². The van der Waals surface area contributed by atoms with Crippen molar-refractivity contribution in [3.8, 4) is 0 Å². The lowest BCUT2D eigenvalue weighted by Gasteiger charge is -2.02. The molecule has 0 bridgehead atoms. The third-order valence-corrected chi connectivity index (χ3v) is 1.93. The molecule has 2 N–H and O–H groups in total. The van der Waals surface area contributed by atoms with Crippen LogP contribution in [0.5, 0.6) is 0 Å². The van der Waals surface area contributed by atoms with Gasteiger partial charge in [0.1, 0.15) is 6.10 Å². The molecular formula is C7H9N3O3. The molecule has 0 aliphatic carbocycles. The van der Waals surface area contributed by atoms with Crippen molar-refractivity contribution in [2.24, 2.45) is 0 Å². The van der Waals surface area contributed by atoms with Crippen molar-refractivity contribution in [2.75, 3.05) is 6.61 Å². The minimum absolute atomic E-state index is 0.111. The van der Waals surface area contributed by atoms with E-state index in [0.717, 1.165) is 12.8 Å². The Morgan fingerprint density at radius 2 is 2.54 bits per heavy atom. The van der Waals surface area contributed by atoms with Gasteiger partial charge in [0.25, 0.3) is 5.82 Å². The highest BCUT2D eigenvalue weighted by atomic mass is 16.5. The largest absolute Gasteiger partial charge is 0.475 e. The fourth-order valence-corrected chi connectivity index (χ4v) is 1.31. The van der Waals surface area contributed by atoms with Crippen molar-refractivity contribution in [2.45, 2.75) is 18.9 Å². The van der Waals surface area contributed by atoms with E-state index in [9.17, 15) is 4.79 Å². The minimum Gasteiger partial charge on any atom is -0.475 e. The fourth-order valence-electron chi connectivity index (χ4n) is 1.31. The van der Waals surface area contributed by atoms with Gasteiger partial charge in [-0.15, -0.1) is 5.10 Å². The van der Waals surface area contributed by atoms with E-state index in [1.165, 1.54) is 0 Å². The lowest BCUT2D eigenvalue weighted by atomic mass is 10.2. The van der Waals surface area contributed by atoms with E-state index in [4.69, 9.17) is 9.84 Å². The van der Waals surface area contributed by atoms with E-state index in [0.29, 0.717) is 12.4 Å². The molecule has 2 rings (SSSR count). The van der Waals surface area contributed by atoms with E-state index in [1.807, 2.05) is 0 Å². The summed E-state index contributed by atoms with van der Waals surface area (Å²) in [5.74, 6) is -0.819. The van der Waals surface area contributed by atoms with Gasteiger partial charge in [-0.3, -0.25) is 5.10 Å². The number of carboxylic acid groups (broad SMARTS) is 1. The lowest BCUT2D eigenvalue weighted by Crippen LogP contribution is -2.01. The SMILES string of the molecule is O=C(O)c1n[nH]c(C2CCCO2)n1. The van der Waals surface area contributed by atoms with E-state index in [1.54, 1.807) is 0 Å². The number of ether oxygens (including phenoxy) is 1. The zero-order valence-electron chi connectivity index (χ0n) is 6.86. The minimum atomic E-state index is -1.12. The van der Waals surface area contributed by atoms with Crippen LogP contribution < -0.4 is 0 Å². The number of carbonyl (C=O) groups is 1. The van der Waals surface area contributed by atoms with Crippen LogP contribution in [0.1, 0.15) is 35.4 Å². The summed E-state index contributed by atoms with van der Waals surface area (Å²) in [7, 11) is 0. The predicted molar refractivity (Wildman–Crippen MR) is 41.3 cm³/mol. The van der Waals surface area contributed by atoms with E-state index in [-0.39, 0.29) is 11.9 Å². The summed E-state index contributed by atoms with van der Waals surface area (Å²) in [6.45, 7) is 0.702. The molecule has 0 aromatic carbocycles. The van der Waals surface area contributed by atoms with Crippen molar-refractivity contribution in [3.05, 3.63) is 11.6 Å². The Balaban J connectivity index is 2.16. The first-order valence-electron chi connectivity index (χ1n) is 4.04. The predicted octanol–water partition coefficient (Wildman–Crippen LogP) is 0.354. The molecule has 1 aromatic rings. The van der Waals surface area contributed by atoms with Crippen LogP contribution in [0.2, 0.25) is 0 Å². The number of hydrogen-bond acceptors (Lipinski definition) is 4. The second kappa shape index (κ2) is 3.14. The maximum absolute atomic E-state index is 10.4. The Hall–Kier alpha value is -1.43. The number of nitrogens with one attached hydrogen (secondary N) is 1. The molecular weight excluding hydrogens is 174 g/mol. The zero-order valence-corrected chi connectivity index (χ0v) is 6.86. The average Bonchev–Trinajstić information content (AvgIpc) is 2.75. The van der Waals surface area contributed by atoms with E-state index >= 15 is 0 Å². The van der Waals surface area contributed by atoms with Crippen LogP contribution >= 0.6 is 0 Å². The first-order chi connectivity index (χ1) is 6.27. The van der Waals surface area contributed by atoms with Gasteiger partial charge in [-0.1, -0.05) is 0 Å². The van der Waals surface area contributed by atoms with Gasteiger partial charge in [-0.2, -0.15) is 0 Å². The number of H-pyrrole nitrogens is 1. The van der Waals surface area contributed by atoms with Crippen molar-refractivity contribution in [1.82, 2.24) is 15.2 Å². The number of aromatic carboxylic acids is 1. The Bertz CT molecular complexity index is 317. The van der Waals surface area contributed by atoms with Crippen molar-refractivity contribution in [3.63, 3.8) is 0 Å². The molecule has 0 radical (unpaired) electrons. The smallest absolute Gasteiger partial charge is 0.375 e. The van der Waals surface area contributed by atoms with E-state index in [2.05, 4.69) is 15.2 Å². The van der Waals surface area contributed by atoms with Crippen LogP contribution in [-0.2, 0) is 4.74 Å². The summed E-state index contributed by atoms with van der Waals surface area (Å²) in [5.41, 5.74) is 0. The van der Waals surface area contributed by atoms with Crippen molar-refractivity contribution in [1.29, 1.82) is 0 Å². The maximum Gasteiger partial charge on any atom is 0.375 e. The molecule has 1 unspecified atom stereocenters. The third kappa shape index (κ3) is 1.52. The second-order valence-corrected chi connectivity index (χ2v) is 2.85. The molecule has 1 saturated heterocycles. The standard InChI is InChI=1S/C7H9N3O3/c11-7(12)6-8-5(9-10-6)4-2-1-3-13-4/h4H,1-3H2,(H,11,12)(H,8,9,10). The topological polar surface area (TPSA) is 88.1 Å². The lowest BCUT2D eigenvalue weighted by molar-refractivity contribution is 0.0683. The molecule has 0 amide bonds. The van der Waals surface area contributed by atoms with Gasteiger partial charge < -0.3 is 9.84 Å². The molecule has 70 valence electrons. The zero-order chi connectivity index (χ0) is 9.26. The maximum atomic E-state index is 10.4. The van der Waals surface area contributed by atoms with Crippen LogP contribution in [-0.4, -0.2) is 32.9 Å². The first-order valence-corrected chi connectivity index (χ1v) is 4.04. The van der Waals surface area contributed by atoms with Gasteiger partial charge >= 0.3 is 5.97 Å². The molecule has 2 heterocycles. The summed E-state index contributed by atoms with van der Waals surface area (Å²) in [4.78, 5) is 14.2. The molecule has 1 atom stereocenters. The van der Waals surface area contributed by atoms with Crippen LogP contribution in [0.3, 0.4) is 0 Å². The summed E-state index contributed by atoms with van der Waals surface area (Å²) < 4.78 is 5.31. The second-order valence-electron chi connectivity index (χ2n) is 2.85. The molecule has 1 aliphatic rings. The van der Waals surface area contributed by atoms with Gasteiger partial charge in [0, 0.05) is 6.61 Å². The number of carboxylic acids is 1. The monoisotopic (exact) mass is 183 g/mol. The number of nitrogens with zero attached hydrogens (tertiary/aromatic N) is 2.